The molecular formula is C24H23F4N3O. The third kappa shape index (κ3) is 4.60. The molecule has 8 heteroatoms. The summed E-state index contributed by atoms with van der Waals surface area (Å²) in [5, 5.41) is 3.71. The number of nitrogens with one attached hydrogen (secondary N) is 1. The summed E-state index contributed by atoms with van der Waals surface area (Å²) in [6.07, 6.45) is -2.91. The third-order valence-electron chi connectivity index (χ3n) is 5.95. The molecule has 1 aliphatic rings. The van der Waals surface area contributed by atoms with Crippen molar-refractivity contribution in [3.05, 3.63) is 65.9 Å². The number of likely N-dealkylation sites (tertiary alicyclic amines) is 1. The summed E-state index contributed by atoms with van der Waals surface area (Å²) in [6, 6.07) is 12.0. The van der Waals surface area contributed by atoms with Gasteiger partial charge in [0.2, 0.25) is 0 Å². The molecule has 0 bridgehead atoms. The van der Waals surface area contributed by atoms with Gasteiger partial charge in [-0.15, -0.1) is 0 Å². The van der Waals surface area contributed by atoms with Crippen LogP contribution >= 0.6 is 0 Å². The Morgan fingerprint density at radius 1 is 1.19 bits per heavy atom. The lowest BCUT2D eigenvalue weighted by molar-refractivity contribution is -0.137. The van der Waals surface area contributed by atoms with Crippen LogP contribution < -0.4 is 5.32 Å². The first-order valence-electron chi connectivity index (χ1n) is 10.4. The molecule has 1 saturated heterocycles. The molecule has 4 rings (SSSR count). The van der Waals surface area contributed by atoms with Crippen LogP contribution in [0.1, 0.15) is 22.8 Å². The van der Waals surface area contributed by atoms with Crippen molar-refractivity contribution >= 4 is 16.8 Å². The van der Waals surface area contributed by atoms with Gasteiger partial charge < -0.3 is 5.32 Å². The average Bonchev–Trinajstić information content (AvgIpc) is 2.74. The molecule has 1 aromatic heterocycles. The van der Waals surface area contributed by atoms with Crippen molar-refractivity contribution in [3.8, 4) is 11.1 Å². The van der Waals surface area contributed by atoms with Crippen molar-refractivity contribution in [1.29, 1.82) is 0 Å². The Labute approximate surface area is 183 Å². The summed E-state index contributed by atoms with van der Waals surface area (Å²) in [5.41, 5.74) is 1.62. The van der Waals surface area contributed by atoms with Crippen molar-refractivity contribution in [3.63, 3.8) is 0 Å². The molecule has 2 aromatic carbocycles. The molecule has 0 radical (unpaired) electrons. The highest BCUT2D eigenvalue weighted by molar-refractivity contribution is 6.00. The lowest BCUT2D eigenvalue weighted by Crippen LogP contribution is -2.56. The van der Waals surface area contributed by atoms with E-state index in [1.807, 2.05) is 17.9 Å². The average molecular weight is 445 g/mol. The van der Waals surface area contributed by atoms with Gasteiger partial charge in [0.05, 0.1) is 16.6 Å². The van der Waals surface area contributed by atoms with Gasteiger partial charge in [-0.2, -0.15) is 13.2 Å². The van der Waals surface area contributed by atoms with Crippen LogP contribution in [0.5, 0.6) is 0 Å². The van der Waals surface area contributed by atoms with Gasteiger partial charge in [0, 0.05) is 48.7 Å². The van der Waals surface area contributed by atoms with Crippen molar-refractivity contribution in [2.75, 3.05) is 26.3 Å². The lowest BCUT2D eigenvalue weighted by atomic mass is 9.92. The largest absolute Gasteiger partial charge is 0.416 e. The SMILES string of the molecule is C[C@H](NC(=O)c1cnc2c(-c3ccc(C(F)(F)F)cc3)cccc2c1)C1CN(CCF)C1. The van der Waals surface area contributed by atoms with E-state index in [0.717, 1.165) is 30.6 Å². The van der Waals surface area contributed by atoms with E-state index in [2.05, 4.69) is 10.3 Å². The van der Waals surface area contributed by atoms with Gasteiger partial charge in [-0.05, 0) is 30.7 Å². The number of alkyl halides is 4. The molecule has 0 spiro atoms. The number of rotatable bonds is 6. The van der Waals surface area contributed by atoms with Crippen molar-refractivity contribution < 1.29 is 22.4 Å². The molecule has 2 heterocycles. The smallest absolute Gasteiger partial charge is 0.349 e. The van der Waals surface area contributed by atoms with Crippen LogP contribution in [0.4, 0.5) is 17.6 Å². The molecule has 1 fully saturated rings. The fourth-order valence-corrected chi connectivity index (χ4v) is 3.99. The number of hydrogen-bond donors (Lipinski definition) is 1. The maximum atomic E-state index is 12.8. The number of para-hydroxylation sites is 1. The quantitative estimate of drug-likeness (QED) is 0.547. The van der Waals surface area contributed by atoms with E-state index in [-0.39, 0.29) is 24.5 Å². The van der Waals surface area contributed by atoms with Crippen LogP contribution in [-0.2, 0) is 6.18 Å². The zero-order valence-electron chi connectivity index (χ0n) is 17.5. The van der Waals surface area contributed by atoms with Crippen LogP contribution in [0.2, 0.25) is 0 Å². The highest BCUT2D eigenvalue weighted by Gasteiger charge is 2.32. The van der Waals surface area contributed by atoms with E-state index in [1.54, 1.807) is 18.2 Å². The van der Waals surface area contributed by atoms with E-state index in [0.29, 0.717) is 28.8 Å². The molecule has 168 valence electrons. The van der Waals surface area contributed by atoms with Gasteiger partial charge in [0.25, 0.3) is 5.91 Å². The predicted molar refractivity (Wildman–Crippen MR) is 115 cm³/mol. The molecule has 1 amide bonds. The summed E-state index contributed by atoms with van der Waals surface area (Å²) < 4.78 is 50.9. The fourth-order valence-electron chi connectivity index (χ4n) is 3.99. The number of pyridine rings is 1. The topological polar surface area (TPSA) is 45.2 Å². The Balaban J connectivity index is 1.51. The molecule has 3 aromatic rings. The van der Waals surface area contributed by atoms with E-state index in [1.165, 1.54) is 18.3 Å². The van der Waals surface area contributed by atoms with Gasteiger partial charge in [-0.1, -0.05) is 30.3 Å². The van der Waals surface area contributed by atoms with Gasteiger partial charge >= 0.3 is 6.18 Å². The monoisotopic (exact) mass is 445 g/mol. The second-order valence-electron chi connectivity index (χ2n) is 8.15. The minimum absolute atomic E-state index is 0.0486. The molecular weight excluding hydrogens is 422 g/mol. The second kappa shape index (κ2) is 8.86. The standard InChI is InChI=1S/C24H23F4N3O/c1-15(19-13-31(14-19)10-9-25)30-23(32)18-11-17-3-2-4-21(22(17)29-12-18)16-5-7-20(8-6-16)24(26,27)28/h2-8,11-12,15,19H,9-10,13-14H2,1H3,(H,30,32)/t15-/m0/s1. The summed E-state index contributed by atoms with van der Waals surface area (Å²) in [4.78, 5) is 19.2. The maximum absolute atomic E-state index is 12.8. The molecule has 1 aliphatic heterocycles. The Hall–Kier alpha value is -3.00. The number of halogens is 4. The molecule has 4 nitrogen and oxygen atoms in total. The first-order valence-corrected chi connectivity index (χ1v) is 10.4. The van der Waals surface area contributed by atoms with Crippen molar-refractivity contribution in [2.24, 2.45) is 5.92 Å². The number of hydrogen-bond acceptors (Lipinski definition) is 3. The van der Waals surface area contributed by atoms with E-state index >= 15 is 0 Å². The van der Waals surface area contributed by atoms with Crippen molar-refractivity contribution in [1.82, 2.24) is 15.2 Å². The van der Waals surface area contributed by atoms with Crippen LogP contribution in [0, 0.1) is 5.92 Å². The molecule has 0 aliphatic carbocycles. The summed E-state index contributed by atoms with van der Waals surface area (Å²) in [5.74, 6) is 0.0426. The van der Waals surface area contributed by atoms with Gasteiger partial charge in [0.15, 0.2) is 0 Å². The summed E-state index contributed by atoms with van der Waals surface area (Å²) >= 11 is 0. The highest BCUT2D eigenvalue weighted by Crippen LogP contribution is 2.33. The number of carbonyl (C=O) groups is 1. The fraction of sp³-hybridized carbons (Fsp3) is 0.333. The predicted octanol–water partition coefficient (Wildman–Crippen LogP) is 4.94. The molecule has 32 heavy (non-hydrogen) atoms. The van der Waals surface area contributed by atoms with Gasteiger partial charge in [-0.3, -0.25) is 14.7 Å². The minimum Gasteiger partial charge on any atom is -0.349 e. The van der Waals surface area contributed by atoms with Crippen LogP contribution in [-0.4, -0.2) is 48.1 Å². The third-order valence-corrected chi connectivity index (χ3v) is 5.95. The highest BCUT2D eigenvalue weighted by atomic mass is 19.4. The number of amides is 1. The molecule has 1 atom stereocenters. The zero-order chi connectivity index (χ0) is 22.9. The van der Waals surface area contributed by atoms with Gasteiger partial charge in [0.1, 0.15) is 6.67 Å². The van der Waals surface area contributed by atoms with E-state index in [9.17, 15) is 22.4 Å². The van der Waals surface area contributed by atoms with Crippen LogP contribution in [0.25, 0.3) is 22.0 Å². The number of nitrogens with zero attached hydrogens (tertiary/aromatic N) is 2. The number of aromatic nitrogens is 1. The zero-order valence-corrected chi connectivity index (χ0v) is 17.5. The van der Waals surface area contributed by atoms with Crippen LogP contribution in [0.15, 0.2) is 54.7 Å². The number of fused-ring (bicyclic) bond motifs is 1. The maximum Gasteiger partial charge on any atom is 0.416 e. The lowest BCUT2D eigenvalue weighted by Gasteiger charge is -2.42. The summed E-state index contributed by atoms with van der Waals surface area (Å²) in [7, 11) is 0. The number of carbonyl (C=O) groups excluding carboxylic acids is 1. The molecule has 0 saturated carbocycles. The summed E-state index contributed by atoms with van der Waals surface area (Å²) in [6.45, 7) is 3.51. The molecule has 1 N–H and O–H groups in total. The second-order valence-corrected chi connectivity index (χ2v) is 8.15. The molecule has 0 unspecified atom stereocenters. The number of benzene rings is 2. The van der Waals surface area contributed by atoms with Crippen LogP contribution in [0.3, 0.4) is 0 Å². The Morgan fingerprint density at radius 3 is 2.56 bits per heavy atom. The van der Waals surface area contributed by atoms with Crippen molar-refractivity contribution in [2.45, 2.75) is 19.1 Å². The van der Waals surface area contributed by atoms with E-state index in [4.69, 9.17) is 0 Å². The normalized spacial score (nSPS) is 16.0. The minimum atomic E-state index is -4.39. The van der Waals surface area contributed by atoms with Gasteiger partial charge in [-0.25, -0.2) is 4.39 Å². The first-order chi connectivity index (χ1) is 15.3. The Morgan fingerprint density at radius 2 is 1.91 bits per heavy atom. The first kappa shape index (κ1) is 22.2. The Kier molecular flexibility index (Phi) is 6.15. The Bertz CT molecular complexity index is 1110. The van der Waals surface area contributed by atoms with E-state index < -0.39 is 11.7 Å².